The van der Waals surface area contributed by atoms with Crippen LogP contribution in [0.15, 0.2) is 12.2 Å². The number of carboxylic acids is 1. The van der Waals surface area contributed by atoms with E-state index < -0.39 is 24.5 Å². The second kappa shape index (κ2) is 40.2. The Morgan fingerprint density at radius 2 is 0.944 bits per heavy atom. The van der Waals surface area contributed by atoms with Gasteiger partial charge >= 0.3 is 11.9 Å². The van der Waals surface area contributed by atoms with Gasteiger partial charge in [-0.05, 0) is 64.2 Å². The average Bonchev–Trinajstić information content (AvgIpc) is 3.15. The third-order valence-electron chi connectivity index (χ3n) is 10.3. The summed E-state index contributed by atoms with van der Waals surface area (Å²) in [5.74, 6) is -2.28. The maximum atomic E-state index is 12.8. The van der Waals surface area contributed by atoms with Crippen molar-refractivity contribution in [3.63, 3.8) is 0 Å². The number of allylic oxidation sites excluding steroid dienone is 2. The van der Waals surface area contributed by atoms with E-state index in [1.54, 1.807) is 0 Å². The third kappa shape index (κ3) is 36.6. The number of rotatable bonds is 41. The fourth-order valence-corrected chi connectivity index (χ4v) is 6.77. The highest BCUT2D eigenvalue weighted by molar-refractivity contribution is 5.87. The molecule has 316 valence electrons. The van der Waals surface area contributed by atoms with Crippen LogP contribution in [0, 0.1) is 0 Å². The minimum atomic E-state index is -1.38. The van der Waals surface area contributed by atoms with Crippen molar-refractivity contribution in [2.75, 3.05) is 13.2 Å². The van der Waals surface area contributed by atoms with Crippen molar-refractivity contribution in [2.45, 2.75) is 238 Å². The summed E-state index contributed by atoms with van der Waals surface area (Å²) >= 11 is 0. The smallest absolute Gasteiger partial charge is 0.328 e. The van der Waals surface area contributed by atoms with E-state index in [2.05, 4.69) is 36.6 Å². The number of aliphatic hydroxyl groups is 1. The van der Waals surface area contributed by atoms with Crippen LogP contribution in [-0.4, -0.2) is 59.3 Å². The zero-order chi connectivity index (χ0) is 39.7. The first-order valence-corrected chi connectivity index (χ1v) is 22.6. The number of carboxylic acid groups (broad SMARTS) is 1. The first-order chi connectivity index (χ1) is 26.3. The van der Waals surface area contributed by atoms with E-state index >= 15 is 0 Å². The van der Waals surface area contributed by atoms with E-state index in [0.29, 0.717) is 19.3 Å². The Bertz CT molecular complexity index is 926. The van der Waals surface area contributed by atoms with Crippen LogP contribution in [0.4, 0.5) is 0 Å². The van der Waals surface area contributed by atoms with Gasteiger partial charge in [0.1, 0.15) is 12.1 Å². The van der Waals surface area contributed by atoms with Crippen molar-refractivity contribution in [3.8, 4) is 0 Å². The van der Waals surface area contributed by atoms with Gasteiger partial charge in [-0.15, -0.1) is 0 Å². The number of ether oxygens (including phenoxy) is 1. The van der Waals surface area contributed by atoms with Crippen molar-refractivity contribution in [1.82, 2.24) is 10.6 Å². The van der Waals surface area contributed by atoms with Gasteiger partial charge in [-0.1, -0.05) is 161 Å². The van der Waals surface area contributed by atoms with Crippen LogP contribution in [0.25, 0.3) is 0 Å². The number of aliphatic hydroxyl groups excluding tert-OH is 1. The summed E-state index contributed by atoms with van der Waals surface area (Å²) in [6.45, 7) is 3.49. The first kappa shape index (κ1) is 51.6. The van der Waals surface area contributed by atoms with Gasteiger partial charge in [-0.25, -0.2) is 4.79 Å². The molecule has 0 aliphatic carbocycles. The number of carbonyl (C=O) groups is 4. The molecule has 0 aliphatic rings. The van der Waals surface area contributed by atoms with Gasteiger partial charge in [0.15, 0.2) is 0 Å². The van der Waals surface area contributed by atoms with E-state index in [1.807, 2.05) is 0 Å². The number of nitrogens with one attached hydrogen (secondary N) is 2. The molecule has 9 heteroatoms. The Hall–Kier alpha value is -2.42. The second-order valence-electron chi connectivity index (χ2n) is 15.5. The van der Waals surface area contributed by atoms with Crippen molar-refractivity contribution < 1.29 is 34.1 Å². The number of amides is 2. The Labute approximate surface area is 331 Å². The lowest BCUT2D eigenvalue weighted by molar-refractivity contribution is -0.150. The molecule has 0 aromatic carbocycles. The van der Waals surface area contributed by atoms with E-state index in [0.717, 1.165) is 57.8 Å². The monoisotopic (exact) mass is 765 g/mol. The normalized spacial score (nSPS) is 12.5. The standard InChI is InChI=1S/C45H84N2O7/c1-3-5-7-9-11-13-14-15-16-17-18-19-20-22-24-29-33-37-44(51)54-40(34-30-26-23-21-12-10-8-6-4-2)35-31-27-25-28-32-36-42(49)46-38-43(50)47-41(39-48)45(52)53/h15-16,40-41,48H,3-14,17-39H2,1-2H3,(H,46,49)(H,47,50)(H,52,53)/b16-15-. The Morgan fingerprint density at radius 1 is 0.537 bits per heavy atom. The number of carbonyl (C=O) groups excluding carboxylic acids is 3. The Morgan fingerprint density at radius 3 is 1.39 bits per heavy atom. The van der Waals surface area contributed by atoms with Gasteiger partial charge in [0.25, 0.3) is 0 Å². The summed E-state index contributed by atoms with van der Waals surface area (Å²) < 4.78 is 6.02. The number of aliphatic carboxylic acids is 1. The summed E-state index contributed by atoms with van der Waals surface area (Å²) in [4.78, 5) is 47.5. The first-order valence-electron chi connectivity index (χ1n) is 22.6. The molecule has 0 heterocycles. The molecule has 0 saturated carbocycles. The van der Waals surface area contributed by atoms with Crippen LogP contribution in [0.2, 0.25) is 0 Å². The molecule has 0 spiro atoms. The molecule has 0 rings (SSSR count). The zero-order valence-corrected chi connectivity index (χ0v) is 35.0. The highest BCUT2D eigenvalue weighted by Crippen LogP contribution is 2.19. The number of esters is 1. The molecule has 9 nitrogen and oxygen atoms in total. The molecule has 2 amide bonds. The predicted molar refractivity (Wildman–Crippen MR) is 222 cm³/mol. The molecular formula is C45H84N2O7. The molecule has 0 fully saturated rings. The lowest BCUT2D eigenvalue weighted by Gasteiger charge is -2.18. The molecule has 0 aromatic heterocycles. The van der Waals surface area contributed by atoms with Crippen LogP contribution in [0.1, 0.15) is 226 Å². The third-order valence-corrected chi connectivity index (χ3v) is 10.3. The van der Waals surface area contributed by atoms with Gasteiger partial charge in [0.2, 0.25) is 11.8 Å². The molecule has 0 bridgehead atoms. The molecule has 0 saturated heterocycles. The van der Waals surface area contributed by atoms with Gasteiger partial charge in [-0.2, -0.15) is 0 Å². The summed E-state index contributed by atoms with van der Waals surface area (Å²) in [5, 5.41) is 22.5. The Balaban J connectivity index is 4.20. The van der Waals surface area contributed by atoms with Gasteiger partial charge in [0.05, 0.1) is 13.2 Å². The minimum Gasteiger partial charge on any atom is -0.480 e. The maximum absolute atomic E-state index is 12.8. The fraction of sp³-hybridized carbons (Fsp3) is 0.867. The molecule has 0 aromatic rings. The summed E-state index contributed by atoms with van der Waals surface area (Å²) in [6.07, 6.45) is 42.4. The molecule has 4 N–H and O–H groups in total. The van der Waals surface area contributed by atoms with Crippen LogP contribution < -0.4 is 10.6 Å². The average molecular weight is 765 g/mol. The predicted octanol–water partition coefficient (Wildman–Crippen LogP) is 11.0. The van der Waals surface area contributed by atoms with E-state index in [4.69, 9.17) is 14.9 Å². The van der Waals surface area contributed by atoms with E-state index in [9.17, 15) is 19.2 Å². The quantitative estimate of drug-likeness (QED) is 0.0276. The highest BCUT2D eigenvalue weighted by Gasteiger charge is 2.19. The van der Waals surface area contributed by atoms with Gasteiger partial charge < -0.3 is 25.6 Å². The number of unbranched alkanes of at least 4 members (excludes halogenated alkanes) is 25. The largest absolute Gasteiger partial charge is 0.480 e. The van der Waals surface area contributed by atoms with Crippen molar-refractivity contribution in [1.29, 1.82) is 0 Å². The zero-order valence-electron chi connectivity index (χ0n) is 35.0. The molecule has 0 radical (unpaired) electrons. The van der Waals surface area contributed by atoms with E-state index in [-0.39, 0.29) is 24.5 Å². The molecular weight excluding hydrogens is 681 g/mol. The van der Waals surface area contributed by atoms with E-state index in [1.165, 1.54) is 135 Å². The highest BCUT2D eigenvalue weighted by atomic mass is 16.5. The minimum absolute atomic E-state index is 0.00891. The summed E-state index contributed by atoms with van der Waals surface area (Å²) in [6, 6.07) is -1.38. The molecule has 54 heavy (non-hydrogen) atoms. The molecule has 0 aliphatic heterocycles. The van der Waals surface area contributed by atoms with Gasteiger partial charge in [-0.3, -0.25) is 14.4 Å². The van der Waals surface area contributed by atoms with Crippen LogP contribution in [-0.2, 0) is 23.9 Å². The second-order valence-corrected chi connectivity index (χ2v) is 15.5. The summed E-state index contributed by atoms with van der Waals surface area (Å²) in [5.41, 5.74) is 0. The molecule has 2 atom stereocenters. The molecule has 2 unspecified atom stereocenters. The van der Waals surface area contributed by atoms with Gasteiger partial charge in [0, 0.05) is 12.8 Å². The fourth-order valence-electron chi connectivity index (χ4n) is 6.77. The van der Waals surface area contributed by atoms with Crippen LogP contribution >= 0.6 is 0 Å². The lowest BCUT2D eigenvalue weighted by atomic mass is 10.0. The van der Waals surface area contributed by atoms with Crippen molar-refractivity contribution in [2.24, 2.45) is 0 Å². The maximum Gasteiger partial charge on any atom is 0.328 e. The number of hydrogen-bond donors (Lipinski definition) is 4. The summed E-state index contributed by atoms with van der Waals surface area (Å²) in [7, 11) is 0. The SMILES string of the molecule is CCCCCCCC/C=C\CCCCCCCCCC(=O)OC(CCCCCCCCCCC)CCCCCCCC(=O)NCC(=O)NC(CO)C(=O)O. The lowest BCUT2D eigenvalue weighted by Crippen LogP contribution is -2.47. The van der Waals surface area contributed by atoms with Crippen LogP contribution in [0.3, 0.4) is 0 Å². The van der Waals surface area contributed by atoms with Crippen molar-refractivity contribution >= 4 is 23.8 Å². The topological polar surface area (TPSA) is 142 Å². The van der Waals surface area contributed by atoms with Crippen LogP contribution in [0.5, 0.6) is 0 Å². The Kier molecular flexibility index (Phi) is 38.4. The van der Waals surface area contributed by atoms with Crippen molar-refractivity contribution in [3.05, 3.63) is 12.2 Å². The number of hydrogen-bond acceptors (Lipinski definition) is 6.